The normalized spacial score (nSPS) is 13.6. The van der Waals surface area contributed by atoms with Crippen LogP contribution in [0.1, 0.15) is 41.6 Å². The zero-order chi connectivity index (χ0) is 20.2. The second-order valence-corrected chi connectivity index (χ2v) is 7.89. The summed E-state index contributed by atoms with van der Waals surface area (Å²) in [5.74, 6) is 0.307. The minimum absolute atomic E-state index is 0.0270. The van der Waals surface area contributed by atoms with Crippen LogP contribution in [0.3, 0.4) is 0 Å². The third-order valence-corrected chi connectivity index (χ3v) is 5.92. The molecule has 7 heteroatoms. The third kappa shape index (κ3) is 4.40. The molecule has 1 aliphatic rings. The van der Waals surface area contributed by atoms with Crippen molar-refractivity contribution in [3.8, 4) is 5.75 Å². The van der Waals surface area contributed by atoms with Gasteiger partial charge in [-0.25, -0.2) is 9.78 Å². The Bertz CT molecular complexity index is 1110. The smallest absolute Gasteiger partial charge is 0.331 e. The van der Waals surface area contributed by atoms with Crippen molar-refractivity contribution in [2.24, 2.45) is 0 Å². The van der Waals surface area contributed by atoms with Gasteiger partial charge < -0.3 is 9.47 Å². The quantitative estimate of drug-likeness (QED) is 0.457. The molecule has 0 saturated carbocycles. The number of fused-ring (bicyclic) bond motifs is 3. The van der Waals surface area contributed by atoms with Gasteiger partial charge in [0.05, 0.1) is 12.3 Å². The number of esters is 1. The van der Waals surface area contributed by atoms with E-state index in [0.717, 1.165) is 42.7 Å². The van der Waals surface area contributed by atoms with Crippen LogP contribution in [0.25, 0.3) is 11.0 Å². The monoisotopic (exact) mass is 410 g/mol. The van der Waals surface area contributed by atoms with Gasteiger partial charge in [-0.1, -0.05) is 12.1 Å². The van der Waals surface area contributed by atoms with Crippen molar-refractivity contribution in [2.75, 3.05) is 6.61 Å². The third-order valence-electron chi connectivity index (χ3n) is 4.78. The van der Waals surface area contributed by atoms with Gasteiger partial charge in [0.15, 0.2) is 4.96 Å². The van der Waals surface area contributed by atoms with E-state index in [-0.39, 0.29) is 12.2 Å². The number of aromatic nitrogens is 2. The van der Waals surface area contributed by atoms with Gasteiger partial charge in [-0.3, -0.25) is 9.20 Å². The molecule has 0 bridgehead atoms. The molecule has 3 aromatic rings. The van der Waals surface area contributed by atoms with Crippen LogP contribution < -0.4 is 10.3 Å². The first-order chi connectivity index (χ1) is 14.1. The van der Waals surface area contributed by atoms with Crippen molar-refractivity contribution in [1.82, 2.24) is 9.38 Å². The maximum absolute atomic E-state index is 12.5. The molecule has 0 N–H and O–H groups in total. The summed E-state index contributed by atoms with van der Waals surface area (Å²) in [6, 6.07) is 8.88. The van der Waals surface area contributed by atoms with Crippen LogP contribution in [0, 0.1) is 0 Å². The number of carbonyl (C=O) groups is 1. The topological polar surface area (TPSA) is 69.9 Å². The lowest BCUT2D eigenvalue weighted by Gasteiger charge is -2.10. The van der Waals surface area contributed by atoms with Gasteiger partial charge in [0, 0.05) is 22.7 Å². The molecule has 1 aromatic carbocycles. The lowest BCUT2D eigenvalue weighted by molar-refractivity contribution is -0.139. The van der Waals surface area contributed by atoms with E-state index in [1.807, 2.05) is 31.2 Å². The van der Waals surface area contributed by atoms with Crippen molar-refractivity contribution >= 4 is 28.3 Å². The molecule has 1 aliphatic carbocycles. The van der Waals surface area contributed by atoms with Gasteiger partial charge in [-0.2, -0.15) is 0 Å². The zero-order valence-corrected chi connectivity index (χ0v) is 17.0. The molecular formula is C22H22N2O4S. The van der Waals surface area contributed by atoms with E-state index in [4.69, 9.17) is 9.47 Å². The fourth-order valence-electron chi connectivity index (χ4n) is 3.41. The number of rotatable bonds is 6. The van der Waals surface area contributed by atoms with Crippen LogP contribution in [0.4, 0.5) is 0 Å². The van der Waals surface area contributed by atoms with Gasteiger partial charge in [-0.15, -0.1) is 11.3 Å². The number of ether oxygens (including phenoxy) is 2. The number of nitrogens with zero attached hydrogens (tertiary/aromatic N) is 2. The van der Waals surface area contributed by atoms with Crippen LogP contribution in [0.15, 0.2) is 41.2 Å². The van der Waals surface area contributed by atoms with Crippen LogP contribution in [-0.4, -0.2) is 22.0 Å². The average molecular weight is 410 g/mol. The van der Waals surface area contributed by atoms with Gasteiger partial charge in [0.25, 0.3) is 5.56 Å². The number of carbonyl (C=O) groups excluding carboxylic acids is 1. The number of thiazole rings is 1. The van der Waals surface area contributed by atoms with E-state index in [9.17, 15) is 9.59 Å². The van der Waals surface area contributed by atoms with Gasteiger partial charge in [-0.05, 0) is 56.4 Å². The number of aryl methyl sites for hydroxylation is 2. The zero-order valence-electron chi connectivity index (χ0n) is 16.2. The number of hydrogen-bond donors (Lipinski definition) is 0. The Kier molecular flexibility index (Phi) is 5.76. The summed E-state index contributed by atoms with van der Waals surface area (Å²) in [7, 11) is 0. The van der Waals surface area contributed by atoms with Gasteiger partial charge in [0.1, 0.15) is 12.4 Å². The van der Waals surface area contributed by atoms with Gasteiger partial charge in [0.2, 0.25) is 0 Å². The Morgan fingerprint density at radius 1 is 1.24 bits per heavy atom. The van der Waals surface area contributed by atoms with Crippen molar-refractivity contribution in [2.45, 2.75) is 39.2 Å². The summed E-state index contributed by atoms with van der Waals surface area (Å²) in [5, 5.41) is 0. The highest BCUT2D eigenvalue weighted by atomic mass is 32.1. The number of benzene rings is 1. The second kappa shape index (κ2) is 8.61. The average Bonchev–Trinajstić information content (AvgIpc) is 3.11. The Hall–Kier alpha value is -2.93. The Labute approximate surface area is 172 Å². The molecule has 0 unspecified atom stereocenters. The maximum Gasteiger partial charge on any atom is 0.331 e. The van der Waals surface area contributed by atoms with Crippen LogP contribution in [-0.2, 0) is 29.0 Å². The lowest BCUT2D eigenvalue weighted by Crippen LogP contribution is -2.18. The van der Waals surface area contributed by atoms with Crippen molar-refractivity contribution < 1.29 is 14.3 Å². The minimum Gasteiger partial charge on any atom is -0.494 e. The summed E-state index contributed by atoms with van der Waals surface area (Å²) < 4.78 is 12.4. The van der Waals surface area contributed by atoms with Crippen molar-refractivity contribution in [3.63, 3.8) is 0 Å². The summed E-state index contributed by atoms with van der Waals surface area (Å²) in [4.78, 5) is 31.0. The molecule has 0 atom stereocenters. The molecule has 0 spiro atoms. The SMILES string of the molecule is CCOc1ccc(/C=C/C(=O)OCc2cc(=O)n3c4c(sc3n2)CCCC4)cc1. The highest BCUT2D eigenvalue weighted by Gasteiger charge is 2.18. The van der Waals surface area contributed by atoms with E-state index < -0.39 is 5.97 Å². The predicted molar refractivity (Wildman–Crippen MR) is 112 cm³/mol. The summed E-state index contributed by atoms with van der Waals surface area (Å²) in [6.45, 7) is 2.51. The Morgan fingerprint density at radius 2 is 2.03 bits per heavy atom. The molecule has 0 aliphatic heterocycles. The molecule has 2 heterocycles. The Balaban J connectivity index is 1.41. The van der Waals surface area contributed by atoms with Crippen LogP contribution >= 0.6 is 11.3 Å². The Morgan fingerprint density at radius 3 is 2.83 bits per heavy atom. The molecule has 0 amide bonds. The fraction of sp³-hybridized carbons (Fsp3) is 0.318. The summed E-state index contributed by atoms with van der Waals surface area (Å²) >= 11 is 1.56. The first-order valence-electron chi connectivity index (χ1n) is 9.75. The highest BCUT2D eigenvalue weighted by molar-refractivity contribution is 7.17. The predicted octanol–water partition coefficient (Wildman–Crippen LogP) is 3.79. The molecular weight excluding hydrogens is 388 g/mol. The molecule has 0 fully saturated rings. The van der Waals surface area contributed by atoms with E-state index in [1.54, 1.807) is 21.8 Å². The van der Waals surface area contributed by atoms with E-state index >= 15 is 0 Å². The molecule has 2 aromatic heterocycles. The fourth-order valence-corrected chi connectivity index (χ4v) is 4.65. The number of hydrogen-bond acceptors (Lipinski definition) is 6. The molecule has 4 rings (SSSR count). The largest absolute Gasteiger partial charge is 0.494 e. The molecule has 150 valence electrons. The minimum atomic E-state index is -0.480. The molecule has 0 radical (unpaired) electrons. The molecule has 0 saturated heterocycles. The second-order valence-electron chi connectivity index (χ2n) is 6.83. The first-order valence-corrected chi connectivity index (χ1v) is 10.6. The molecule has 6 nitrogen and oxygen atoms in total. The maximum atomic E-state index is 12.5. The molecule has 29 heavy (non-hydrogen) atoms. The van der Waals surface area contributed by atoms with Crippen LogP contribution in [0.2, 0.25) is 0 Å². The van der Waals surface area contributed by atoms with E-state index in [1.165, 1.54) is 17.0 Å². The summed E-state index contributed by atoms with van der Waals surface area (Å²) in [6.07, 6.45) is 7.22. The van der Waals surface area contributed by atoms with E-state index in [2.05, 4.69) is 4.98 Å². The van der Waals surface area contributed by atoms with Crippen LogP contribution in [0.5, 0.6) is 5.75 Å². The highest BCUT2D eigenvalue weighted by Crippen LogP contribution is 2.28. The van der Waals surface area contributed by atoms with Gasteiger partial charge >= 0.3 is 5.97 Å². The standard InChI is InChI=1S/C22H22N2O4S/c1-2-27-17-10-7-15(8-11-17)9-12-21(26)28-14-16-13-20(25)24-18-5-3-4-6-19(18)29-22(24)23-16/h7-13H,2-6,14H2,1H3/b12-9+. The summed E-state index contributed by atoms with van der Waals surface area (Å²) in [5.41, 5.74) is 2.32. The van der Waals surface area contributed by atoms with Crippen molar-refractivity contribution in [1.29, 1.82) is 0 Å². The first kappa shape index (κ1) is 19.4. The van der Waals surface area contributed by atoms with E-state index in [0.29, 0.717) is 17.3 Å². The van der Waals surface area contributed by atoms with Crippen molar-refractivity contribution in [3.05, 3.63) is 68.6 Å². The lowest BCUT2D eigenvalue weighted by atomic mass is 10.0.